The first-order valence-corrected chi connectivity index (χ1v) is 7.09. The molecule has 18 heavy (non-hydrogen) atoms. The lowest BCUT2D eigenvalue weighted by molar-refractivity contribution is 0.127. The molecule has 1 atom stereocenters. The molecule has 1 unspecified atom stereocenters. The van der Waals surface area contributed by atoms with E-state index in [1.165, 1.54) is 31.5 Å². The van der Waals surface area contributed by atoms with E-state index in [2.05, 4.69) is 26.6 Å². The van der Waals surface area contributed by atoms with Gasteiger partial charge in [-0.25, -0.2) is 0 Å². The summed E-state index contributed by atoms with van der Waals surface area (Å²) in [6.07, 6.45) is 5.21. The summed E-state index contributed by atoms with van der Waals surface area (Å²) in [6.45, 7) is 5.07. The molecular weight excluding hydrogens is 228 g/mol. The summed E-state index contributed by atoms with van der Waals surface area (Å²) in [4.78, 5) is 2.28. The van der Waals surface area contributed by atoms with E-state index in [1.807, 2.05) is 0 Å². The number of aromatic nitrogens is 3. The van der Waals surface area contributed by atoms with Crippen LogP contribution in [0.3, 0.4) is 0 Å². The second-order valence-electron chi connectivity index (χ2n) is 5.48. The maximum Gasteiger partial charge on any atom is 0.150 e. The Morgan fingerprint density at radius 2 is 1.89 bits per heavy atom. The lowest BCUT2D eigenvalue weighted by Crippen LogP contribution is -2.39. The van der Waals surface area contributed by atoms with Crippen molar-refractivity contribution in [3.8, 4) is 0 Å². The van der Waals surface area contributed by atoms with Gasteiger partial charge in [-0.1, -0.05) is 12.8 Å². The van der Waals surface area contributed by atoms with E-state index >= 15 is 0 Å². The molecule has 2 aliphatic rings. The molecule has 5 nitrogen and oxygen atoms in total. The van der Waals surface area contributed by atoms with Gasteiger partial charge in [0.15, 0.2) is 0 Å². The number of aliphatic hydroxyl groups is 1. The van der Waals surface area contributed by atoms with E-state index in [0.717, 1.165) is 25.5 Å². The van der Waals surface area contributed by atoms with Crippen molar-refractivity contribution in [2.45, 2.75) is 51.1 Å². The number of hydrogen-bond acceptors (Lipinski definition) is 4. The number of aliphatic hydroxyl groups excluding tert-OH is 1. The molecule has 100 valence electrons. The van der Waals surface area contributed by atoms with Crippen LogP contribution in [0.4, 0.5) is 0 Å². The minimum atomic E-state index is 0.216. The van der Waals surface area contributed by atoms with Gasteiger partial charge in [-0.15, -0.1) is 10.2 Å². The summed E-state index contributed by atoms with van der Waals surface area (Å²) in [5, 5.41) is 17.9. The Morgan fingerprint density at radius 1 is 1.17 bits per heavy atom. The van der Waals surface area contributed by atoms with Gasteiger partial charge in [0.2, 0.25) is 0 Å². The molecule has 0 radical (unpaired) electrons. The van der Waals surface area contributed by atoms with E-state index in [0.29, 0.717) is 5.92 Å². The van der Waals surface area contributed by atoms with Gasteiger partial charge in [0.25, 0.3) is 0 Å². The van der Waals surface area contributed by atoms with Gasteiger partial charge in [0, 0.05) is 25.6 Å². The van der Waals surface area contributed by atoms with Gasteiger partial charge in [-0.3, -0.25) is 4.90 Å². The van der Waals surface area contributed by atoms with Crippen molar-refractivity contribution in [2.24, 2.45) is 0 Å². The Morgan fingerprint density at radius 3 is 2.61 bits per heavy atom. The molecule has 3 rings (SSSR count). The van der Waals surface area contributed by atoms with Crippen LogP contribution in [0, 0.1) is 0 Å². The SMILES string of the molecule is CC1c2nnc(C3CCCC3)n2CCN1CCO. The van der Waals surface area contributed by atoms with Crippen LogP contribution < -0.4 is 0 Å². The first-order valence-electron chi connectivity index (χ1n) is 7.09. The topological polar surface area (TPSA) is 54.2 Å². The van der Waals surface area contributed by atoms with Crippen molar-refractivity contribution in [3.05, 3.63) is 11.6 Å². The Labute approximate surface area is 108 Å². The lowest BCUT2D eigenvalue weighted by atomic mass is 10.1. The van der Waals surface area contributed by atoms with Crippen LogP contribution >= 0.6 is 0 Å². The third kappa shape index (κ3) is 1.95. The van der Waals surface area contributed by atoms with Crippen LogP contribution in [0.2, 0.25) is 0 Å². The fourth-order valence-electron chi connectivity index (χ4n) is 3.37. The normalized spacial score (nSPS) is 25.6. The van der Waals surface area contributed by atoms with Gasteiger partial charge < -0.3 is 9.67 Å². The second kappa shape index (κ2) is 4.97. The molecule has 1 saturated carbocycles. The first-order chi connectivity index (χ1) is 8.81. The number of nitrogens with zero attached hydrogens (tertiary/aromatic N) is 4. The minimum absolute atomic E-state index is 0.216. The Hall–Kier alpha value is -0.940. The summed E-state index contributed by atoms with van der Waals surface area (Å²) in [5.74, 6) is 2.91. The summed E-state index contributed by atoms with van der Waals surface area (Å²) < 4.78 is 2.33. The summed E-state index contributed by atoms with van der Waals surface area (Å²) in [6, 6.07) is 0.272. The third-order valence-electron chi connectivity index (χ3n) is 4.45. The number of hydrogen-bond donors (Lipinski definition) is 1. The molecule has 0 spiro atoms. The van der Waals surface area contributed by atoms with Gasteiger partial charge in [0.05, 0.1) is 12.6 Å². The molecule has 2 heterocycles. The van der Waals surface area contributed by atoms with Crippen LogP contribution in [0.1, 0.15) is 56.2 Å². The van der Waals surface area contributed by atoms with Gasteiger partial charge >= 0.3 is 0 Å². The Kier molecular flexibility index (Phi) is 3.35. The largest absolute Gasteiger partial charge is 0.395 e. The van der Waals surface area contributed by atoms with Crippen molar-refractivity contribution < 1.29 is 5.11 Å². The van der Waals surface area contributed by atoms with Crippen molar-refractivity contribution in [1.82, 2.24) is 19.7 Å². The van der Waals surface area contributed by atoms with Crippen molar-refractivity contribution in [2.75, 3.05) is 19.7 Å². The molecule has 1 aliphatic carbocycles. The van der Waals surface area contributed by atoms with E-state index in [-0.39, 0.29) is 12.6 Å². The summed E-state index contributed by atoms with van der Waals surface area (Å²) in [7, 11) is 0. The van der Waals surface area contributed by atoms with Gasteiger partial charge in [-0.05, 0) is 19.8 Å². The number of rotatable bonds is 3. The molecular formula is C13H22N4O. The number of β-amino-alcohol motifs (C(OH)–C–C–N with tert-alkyl or cyclic N) is 1. The van der Waals surface area contributed by atoms with Gasteiger partial charge in [0.1, 0.15) is 11.6 Å². The highest BCUT2D eigenvalue weighted by Gasteiger charge is 2.31. The van der Waals surface area contributed by atoms with Gasteiger partial charge in [-0.2, -0.15) is 0 Å². The molecule has 1 fully saturated rings. The van der Waals surface area contributed by atoms with Crippen LogP contribution in [0.15, 0.2) is 0 Å². The molecule has 0 saturated heterocycles. The average Bonchev–Trinajstić information content (AvgIpc) is 3.00. The zero-order valence-electron chi connectivity index (χ0n) is 11.0. The predicted molar refractivity (Wildman–Crippen MR) is 68.3 cm³/mol. The zero-order valence-corrected chi connectivity index (χ0v) is 11.0. The van der Waals surface area contributed by atoms with E-state index in [4.69, 9.17) is 5.11 Å². The summed E-state index contributed by atoms with van der Waals surface area (Å²) in [5.41, 5.74) is 0. The highest BCUT2D eigenvalue weighted by atomic mass is 16.3. The fraction of sp³-hybridized carbons (Fsp3) is 0.846. The van der Waals surface area contributed by atoms with Crippen molar-refractivity contribution >= 4 is 0 Å². The average molecular weight is 250 g/mol. The monoisotopic (exact) mass is 250 g/mol. The standard InChI is InChI=1S/C13H22N4O/c1-10-12-14-15-13(11-4-2-3-5-11)17(12)7-6-16(10)8-9-18/h10-11,18H,2-9H2,1H3. The number of fused-ring (bicyclic) bond motifs is 1. The first kappa shape index (κ1) is 12.1. The zero-order chi connectivity index (χ0) is 12.5. The highest BCUT2D eigenvalue weighted by molar-refractivity contribution is 5.09. The molecule has 5 heteroatoms. The minimum Gasteiger partial charge on any atom is -0.395 e. The Bertz CT molecular complexity index is 411. The lowest BCUT2D eigenvalue weighted by Gasteiger charge is -2.33. The van der Waals surface area contributed by atoms with E-state index in [1.54, 1.807) is 0 Å². The highest BCUT2D eigenvalue weighted by Crippen LogP contribution is 2.35. The molecule has 0 amide bonds. The van der Waals surface area contributed by atoms with Crippen LogP contribution in [0.5, 0.6) is 0 Å². The molecule has 1 N–H and O–H groups in total. The molecule has 0 aromatic carbocycles. The molecule has 1 aliphatic heterocycles. The van der Waals surface area contributed by atoms with E-state index < -0.39 is 0 Å². The van der Waals surface area contributed by atoms with Crippen LogP contribution in [-0.4, -0.2) is 44.5 Å². The predicted octanol–water partition coefficient (Wildman–Crippen LogP) is 1.30. The molecule has 1 aromatic rings. The van der Waals surface area contributed by atoms with Crippen molar-refractivity contribution in [1.29, 1.82) is 0 Å². The maximum absolute atomic E-state index is 9.08. The maximum atomic E-state index is 9.08. The molecule has 0 bridgehead atoms. The van der Waals surface area contributed by atoms with Crippen molar-refractivity contribution in [3.63, 3.8) is 0 Å². The quantitative estimate of drug-likeness (QED) is 0.878. The van der Waals surface area contributed by atoms with Crippen LogP contribution in [-0.2, 0) is 6.54 Å². The molecule has 1 aromatic heterocycles. The second-order valence-corrected chi connectivity index (χ2v) is 5.48. The van der Waals surface area contributed by atoms with E-state index in [9.17, 15) is 0 Å². The van der Waals surface area contributed by atoms with Crippen LogP contribution in [0.25, 0.3) is 0 Å². The fourth-order valence-corrected chi connectivity index (χ4v) is 3.37. The third-order valence-corrected chi connectivity index (χ3v) is 4.45. The summed E-state index contributed by atoms with van der Waals surface area (Å²) >= 11 is 0. The smallest absolute Gasteiger partial charge is 0.150 e. The Balaban J connectivity index is 1.84.